The van der Waals surface area contributed by atoms with E-state index in [1.807, 2.05) is 0 Å². The Balaban J connectivity index is 1.52. The topological polar surface area (TPSA) is 89.2 Å². The van der Waals surface area contributed by atoms with Crippen LogP contribution >= 0.6 is 0 Å². The lowest BCUT2D eigenvalue weighted by Gasteiger charge is -2.14. The number of hydrogen-bond acceptors (Lipinski definition) is 4. The molecule has 2 aromatic carbocycles. The largest absolute Gasteiger partial charge is 0.345 e. The van der Waals surface area contributed by atoms with Crippen LogP contribution < -0.4 is 10.9 Å². The maximum Gasteiger partial charge on any atom is 0.294 e. The van der Waals surface area contributed by atoms with Crippen LogP contribution in [0.25, 0.3) is 10.9 Å². The van der Waals surface area contributed by atoms with Crippen LogP contribution in [0.2, 0.25) is 0 Å². The standard InChI is InChI=1S/C29H28F3N5O3/c1-35(2)27(39)7-5-3-4-6-26(38)34-28-29(40)36(13-12-33-28)18-23-15-20-14-21(30)10-11-25(20)37(23)17-19-8-9-22(31)16-24(19)32/h5,7-16H,3-4,6,17-18H2,1-2H3,(H,33,34,38)/b7-5+. The van der Waals surface area contributed by atoms with Gasteiger partial charge in [-0.3, -0.25) is 14.4 Å². The number of carbonyl (C=O) groups is 2. The van der Waals surface area contributed by atoms with Gasteiger partial charge in [-0.2, -0.15) is 0 Å². The maximum atomic E-state index is 14.5. The number of hydrogen-bond donors (Lipinski definition) is 1. The van der Waals surface area contributed by atoms with Crippen LogP contribution in [0.15, 0.2) is 71.8 Å². The Morgan fingerprint density at radius 2 is 1.77 bits per heavy atom. The van der Waals surface area contributed by atoms with Crippen molar-refractivity contribution in [2.75, 3.05) is 19.4 Å². The lowest BCUT2D eigenvalue weighted by molar-refractivity contribution is -0.123. The molecule has 0 spiro atoms. The zero-order valence-corrected chi connectivity index (χ0v) is 22.0. The number of benzene rings is 2. The van der Waals surface area contributed by atoms with Crippen LogP contribution in [0, 0.1) is 17.5 Å². The average molecular weight is 552 g/mol. The summed E-state index contributed by atoms with van der Waals surface area (Å²) < 4.78 is 44.9. The molecule has 0 aliphatic carbocycles. The Morgan fingerprint density at radius 1 is 1.02 bits per heavy atom. The Labute approximate surface area is 228 Å². The van der Waals surface area contributed by atoms with Gasteiger partial charge >= 0.3 is 0 Å². The Kier molecular flexibility index (Phi) is 8.83. The highest BCUT2D eigenvalue weighted by Crippen LogP contribution is 2.24. The van der Waals surface area contributed by atoms with Gasteiger partial charge in [-0.25, -0.2) is 18.2 Å². The van der Waals surface area contributed by atoms with E-state index < -0.39 is 28.9 Å². The van der Waals surface area contributed by atoms with Gasteiger partial charge in [-0.15, -0.1) is 0 Å². The molecule has 0 bridgehead atoms. The molecule has 0 aliphatic heterocycles. The summed E-state index contributed by atoms with van der Waals surface area (Å²) in [4.78, 5) is 42.5. The molecule has 0 aliphatic rings. The normalized spacial score (nSPS) is 11.3. The fourth-order valence-electron chi connectivity index (χ4n) is 4.18. The van der Waals surface area contributed by atoms with Crippen LogP contribution in [0.4, 0.5) is 19.0 Å². The smallest absolute Gasteiger partial charge is 0.294 e. The van der Waals surface area contributed by atoms with Crippen molar-refractivity contribution in [2.45, 2.75) is 32.4 Å². The molecule has 0 saturated carbocycles. The molecule has 0 atom stereocenters. The number of unbranched alkanes of at least 4 members (excludes halogenated alkanes) is 1. The third kappa shape index (κ3) is 6.85. The average Bonchev–Trinajstić information content (AvgIpc) is 3.23. The molecule has 11 heteroatoms. The van der Waals surface area contributed by atoms with Crippen molar-refractivity contribution in [1.29, 1.82) is 0 Å². The fourth-order valence-corrected chi connectivity index (χ4v) is 4.18. The molecular weight excluding hydrogens is 523 g/mol. The SMILES string of the molecule is CN(C)C(=O)/C=C/CCCC(=O)Nc1nccn(Cc2cc3cc(F)ccc3n2Cc2ccc(F)cc2F)c1=O. The Bertz CT molecular complexity index is 1640. The summed E-state index contributed by atoms with van der Waals surface area (Å²) in [5, 5.41) is 3.08. The number of allylic oxidation sites excluding steroid dienone is 1. The first kappa shape index (κ1) is 28.3. The zero-order chi connectivity index (χ0) is 28.8. The van der Waals surface area contributed by atoms with Crippen LogP contribution in [0.1, 0.15) is 30.5 Å². The number of anilines is 1. The second-order valence-corrected chi connectivity index (χ2v) is 9.45. The van der Waals surface area contributed by atoms with Gasteiger partial charge in [0.05, 0.1) is 13.1 Å². The van der Waals surface area contributed by atoms with Crippen LogP contribution in [0.3, 0.4) is 0 Å². The molecule has 2 amide bonds. The van der Waals surface area contributed by atoms with Gasteiger partial charge in [0.25, 0.3) is 5.56 Å². The van der Waals surface area contributed by atoms with Crippen molar-refractivity contribution in [3.05, 3.63) is 106 Å². The third-order valence-electron chi connectivity index (χ3n) is 6.27. The molecule has 40 heavy (non-hydrogen) atoms. The van der Waals surface area contributed by atoms with Crippen molar-refractivity contribution >= 4 is 28.5 Å². The predicted octanol–water partition coefficient (Wildman–Crippen LogP) is 4.47. The number of fused-ring (bicyclic) bond motifs is 1. The molecule has 4 aromatic rings. The summed E-state index contributed by atoms with van der Waals surface area (Å²) in [6.45, 7) is 0.0443. The third-order valence-corrected chi connectivity index (χ3v) is 6.27. The fraction of sp³-hybridized carbons (Fsp3) is 0.241. The van der Waals surface area contributed by atoms with E-state index in [-0.39, 0.29) is 36.8 Å². The molecule has 2 aromatic heterocycles. The van der Waals surface area contributed by atoms with E-state index in [9.17, 15) is 27.6 Å². The number of carbonyl (C=O) groups excluding carboxylic acids is 2. The number of nitrogens with one attached hydrogen (secondary N) is 1. The van der Waals surface area contributed by atoms with Gasteiger partial charge in [0.15, 0.2) is 5.82 Å². The maximum absolute atomic E-state index is 14.5. The Morgan fingerprint density at radius 3 is 2.52 bits per heavy atom. The van der Waals surface area contributed by atoms with Crippen molar-refractivity contribution in [2.24, 2.45) is 0 Å². The molecule has 208 valence electrons. The van der Waals surface area contributed by atoms with E-state index in [0.717, 1.165) is 12.1 Å². The molecule has 0 radical (unpaired) electrons. The first-order chi connectivity index (χ1) is 19.1. The minimum Gasteiger partial charge on any atom is -0.345 e. The molecule has 0 saturated heterocycles. The summed E-state index contributed by atoms with van der Waals surface area (Å²) in [5.74, 6) is -2.56. The first-order valence-electron chi connectivity index (χ1n) is 12.6. The minimum atomic E-state index is -0.722. The lowest BCUT2D eigenvalue weighted by atomic mass is 10.2. The van der Waals surface area contributed by atoms with Gasteiger partial charge < -0.3 is 19.4 Å². The molecule has 2 heterocycles. The molecule has 8 nitrogen and oxygen atoms in total. The van der Waals surface area contributed by atoms with E-state index >= 15 is 0 Å². The highest BCUT2D eigenvalue weighted by molar-refractivity contribution is 5.89. The van der Waals surface area contributed by atoms with Crippen LogP contribution in [-0.4, -0.2) is 44.9 Å². The number of nitrogens with zero attached hydrogens (tertiary/aromatic N) is 4. The van der Waals surface area contributed by atoms with Gasteiger partial charge in [-0.05, 0) is 49.2 Å². The Hall–Kier alpha value is -4.67. The number of likely N-dealkylation sites (N-methyl/N-ethyl adjacent to an activating group) is 1. The number of aromatic nitrogens is 3. The van der Waals surface area contributed by atoms with Crippen LogP contribution in [-0.2, 0) is 22.7 Å². The number of amides is 2. The monoisotopic (exact) mass is 551 g/mol. The predicted molar refractivity (Wildman–Crippen MR) is 145 cm³/mol. The molecular formula is C29H28F3N5O3. The first-order valence-corrected chi connectivity index (χ1v) is 12.6. The minimum absolute atomic E-state index is 0.0219. The number of halogens is 3. The van der Waals surface area contributed by atoms with Gasteiger partial charge in [0, 0.05) is 61.1 Å². The van der Waals surface area contributed by atoms with Crippen molar-refractivity contribution in [3.63, 3.8) is 0 Å². The summed E-state index contributed by atoms with van der Waals surface area (Å²) in [6, 6.07) is 9.16. The second-order valence-electron chi connectivity index (χ2n) is 9.45. The zero-order valence-electron chi connectivity index (χ0n) is 22.0. The number of rotatable bonds is 10. The summed E-state index contributed by atoms with van der Waals surface area (Å²) >= 11 is 0. The van der Waals surface area contributed by atoms with Gasteiger partial charge in [0.1, 0.15) is 17.5 Å². The quantitative estimate of drug-likeness (QED) is 0.233. The van der Waals surface area contributed by atoms with E-state index in [1.54, 1.807) is 36.9 Å². The van der Waals surface area contributed by atoms with E-state index in [2.05, 4.69) is 10.3 Å². The van der Waals surface area contributed by atoms with Gasteiger partial charge in [-0.1, -0.05) is 12.1 Å². The van der Waals surface area contributed by atoms with Crippen LogP contribution in [0.5, 0.6) is 0 Å². The molecule has 1 N–H and O–H groups in total. The molecule has 0 fully saturated rings. The summed E-state index contributed by atoms with van der Waals surface area (Å²) in [7, 11) is 3.29. The van der Waals surface area contributed by atoms with E-state index in [4.69, 9.17) is 0 Å². The van der Waals surface area contributed by atoms with E-state index in [1.165, 1.54) is 46.1 Å². The van der Waals surface area contributed by atoms with Crippen molar-refractivity contribution in [1.82, 2.24) is 19.0 Å². The lowest BCUT2D eigenvalue weighted by Crippen LogP contribution is -2.27. The van der Waals surface area contributed by atoms with Gasteiger partial charge in [0.2, 0.25) is 11.8 Å². The highest BCUT2D eigenvalue weighted by Gasteiger charge is 2.15. The summed E-state index contributed by atoms with van der Waals surface area (Å²) in [5.41, 5.74) is 0.842. The highest BCUT2D eigenvalue weighted by atomic mass is 19.1. The second kappa shape index (κ2) is 12.5. The van der Waals surface area contributed by atoms with Crippen molar-refractivity contribution < 1.29 is 22.8 Å². The molecule has 0 unspecified atom stereocenters. The molecule has 4 rings (SSSR count). The van der Waals surface area contributed by atoms with Crippen molar-refractivity contribution in [3.8, 4) is 0 Å². The summed E-state index contributed by atoms with van der Waals surface area (Å²) in [6.07, 6.45) is 7.06. The van der Waals surface area contributed by atoms with E-state index in [0.29, 0.717) is 29.4 Å².